The summed E-state index contributed by atoms with van der Waals surface area (Å²) in [4.78, 5) is 1.93. The van der Waals surface area contributed by atoms with Crippen LogP contribution in [0.5, 0.6) is 11.5 Å². The van der Waals surface area contributed by atoms with E-state index in [0.717, 1.165) is 15.5 Å². The zero-order valence-corrected chi connectivity index (χ0v) is 15.2. The van der Waals surface area contributed by atoms with Crippen LogP contribution in [0.2, 0.25) is 0 Å². The molecule has 0 saturated heterocycles. The maximum Gasteiger partial charge on any atom is 0.235 e. The SMILES string of the molecule is COc1ccc(-c2nnc3sc(C=Cc4cccs4)nn23)cc1OC. The molecule has 8 heteroatoms. The van der Waals surface area contributed by atoms with E-state index in [1.807, 2.05) is 41.8 Å². The van der Waals surface area contributed by atoms with E-state index in [-0.39, 0.29) is 0 Å². The van der Waals surface area contributed by atoms with Crippen molar-refractivity contribution in [1.82, 2.24) is 19.8 Å². The Morgan fingerprint density at radius 1 is 1.04 bits per heavy atom. The van der Waals surface area contributed by atoms with E-state index in [1.54, 1.807) is 30.1 Å². The van der Waals surface area contributed by atoms with Gasteiger partial charge in [0.25, 0.3) is 0 Å². The molecule has 3 aromatic heterocycles. The lowest BCUT2D eigenvalue weighted by atomic mass is 10.2. The van der Waals surface area contributed by atoms with Gasteiger partial charge in [0.05, 0.1) is 14.2 Å². The number of thiophene rings is 1. The highest BCUT2D eigenvalue weighted by Crippen LogP contribution is 2.32. The van der Waals surface area contributed by atoms with Crippen LogP contribution in [-0.4, -0.2) is 34.0 Å². The van der Waals surface area contributed by atoms with Crippen molar-refractivity contribution in [2.45, 2.75) is 0 Å². The number of rotatable bonds is 5. The van der Waals surface area contributed by atoms with Crippen molar-refractivity contribution in [1.29, 1.82) is 0 Å². The molecule has 6 nitrogen and oxygen atoms in total. The molecular weight excluding hydrogens is 356 g/mol. The molecule has 4 rings (SSSR count). The van der Waals surface area contributed by atoms with Crippen LogP contribution in [-0.2, 0) is 0 Å². The van der Waals surface area contributed by atoms with Crippen LogP contribution < -0.4 is 9.47 Å². The summed E-state index contributed by atoms with van der Waals surface area (Å²) in [6.07, 6.45) is 4.04. The van der Waals surface area contributed by atoms with Gasteiger partial charge >= 0.3 is 0 Å². The Morgan fingerprint density at radius 3 is 2.68 bits per heavy atom. The maximum absolute atomic E-state index is 5.36. The average Bonchev–Trinajstić information content (AvgIpc) is 3.36. The minimum atomic E-state index is 0.643. The van der Waals surface area contributed by atoms with Crippen LogP contribution in [0.3, 0.4) is 0 Å². The van der Waals surface area contributed by atoms with Gasteiger partial charge in [-0.15, -0.1) is 21.5 Å². The Hall–Kier alpha value is -2.71. The number of methoxy groups -OCH3 is 2. The Bertz CT molecular complexity index is 1030. The number of ether oxygens (including phenoxy) is 2. The average molecular weight is 370 g/mol. The van der Waals surface area contributed by atoms with Gasteiger partial charge in [-0.2, -0.15) is 9.61 Å². The van der Waals surface area contributed by atoms with Gasteiger partial charge in [0.2, 0.25) is 4.96 Å². The fraction of sp³-hybridized carbons (Fsp3) is 0.118. The van der Waals surface area contributed by atoms with Gasteiger partial charge in [0.15, 0.2) is 17.3 Å². The van der Waals surface area contributed by atoms with Crippen molar-refractivity contribution in [2.75, 3.05) is 14.2 Å². The molecule has 0 bridgehead atoms. The zero-order valence-electron chi connectivity index (χ0n) is 13.5. The summed E-state index contributed by atoms with van der Waals surface area (Å²) < 4.78 is 12.4. The van der Waals surface area contributed by atoms with E-state index in [0.29, 0.717) is 17.3 Å². The normalized spacial score (nSPS) is 11.4. The molecule has 126 valence electrons. The fourth-order valence-electron chi connectivity index (χ4n) is 2.39. The van der Waals surface area contributed by atoms with E-state index < -0.39 is 0 Å². The second-order valence-corrected chi connectivity index (χ2v) is 7.04. The minimum absolute atomic E-state index is 0.643. The lowest BCUT2D eigenvalue weighted by Gasteiger charge is -2.08. The van der Waals surface area contributed by atoms with Crippen LogP contribution >= 0.6 is 22.7 Å². The molecule has 0 unspecified atom stereocenters. The maximum atomic E-state index is 5.36. The fourth-order valence-corrected chi connectivity index (χ4v) is 3.75. The first kappa shape index (κ1) is 15.8. The summed E-state index contributed by atoms with van der Waals surface area (Å²) >= 11 is 3.18. The first-order chi connectivity index (χ1) is 12.3. The first-order valence-electron chi connectivity index (χ1n) is 7.44. The molecule has 0 atom stereocenters. The zero-order chi connectivity index (χ0) is 17.2. The molecule has 0 aliphatic heterocycles. The van der Waals surface area contributed by atoms with Crippen molar-refractivity contribution in [2.24, 2.45) is 0 Å². The van der Waals surface area contributed by atoms with Gasteiger partial charge in [-0.25, -0.2) is 0 Å². The van der Waals surface area contributed by atoms with Crippen molar-refractivity contribution in [3.63, 3.8) is 0 Å². The molecule has 0 fully saturated rings. The number of nitrogens with zero attached hydrogens (tertiary/aromatic N) is 4. The molecule has 0 aliphatic rings. The lowest BCUT2D eigenvalue weighted by molar-refractivity contribution is 0.355. The Kier molecular flexibility index (Phi) is 4.21. The number of hydrogen-bond donors (Lipinski definition) is 0. The van der Waals surface area contributed by atoms with Crippen molar-refractivity contribution >= 4 is 39.8 Å². The van der Waals surface area contributed by atoms with Crippen LogP contribution in [0.25, 0.3) is 28.5 Å². The summed E-state index contributed by atoms with van der Waals surface area (Å²) in [5.74, 6) is 1.98. The van der Waals surface area contributed by atoms with Crippen LogP contribution in [0.4, 0.5) is 0 Å². The van der Waals surface area contributed by atoms with Crippen molar-refractivity contribution < 1.29 is 9.47 Å². The predicted octanol–water partition coefficient (Wildman–Crippen LogP) is 4.10. The third-order valence-corrected chi connectivity index (χ3v) is 5.28. The summed E-state index contributed by atoms with van der Waals surface area (Å²) in [5, 5.41) is 16.0. The number of benzene rings is 1. The number of aromatic nitrogens is 4. The Labute approximate surface area is 152 Å². The van der Waals surface area contributed by atoms with Crippen molar-refractivity contribution in [3.05, 3.63) is 45.6 Å². The molecule has 1 aromatic carbocycles. The Morgan fingerprint density at radius 2 is 1.92 bits per heavy atom. The number of fused-ring (bicyclic) bond motifs is 1. The van der Waals surface area contributed by atoms with Gasteiger partial charge in [0.1, 0.15) is 5.01 Å². The third-order valence-electron chi connectivity index (χ3n) is 3.58. The standard InChI is InChI=1S/C17H14N4O2S2/c1-22-13-7-5-11(10-14(13)23-2)16-18-19-17-21(16)20-15(25-17)8-6-12-4-3-9-24-12/h3-10H,1-2H3. The summed E-state index contributed by atoms with van der Waals surface area (Å²) in [6.45, 7) is 0. The second-order valence-electron chi connectivity index (χ2n) is 5.08. The van der Waals surface area contributed by atoms with Crippen LogP contribution in [0, 0.1) is 0 Å². The highest BCUT2D eigenvalue weighted by Gasteiger charge is 2.14. The smallest absolute Gasteiger partial charge is 0.235 e. The van der Waals surface area contributed by atoms with E-state index >= 15 is 0 Å². The van der Waals surface area contributed by atoms with Crippen LogP contribution in [0.1, 0.15) is 9.88 Å². The van der Waals surface area contributed by atoms with Gasteiger partial charge in [0, 0.05) is 10.4 Å². The van der Waals surface area contributed by atoms with E-state index in [4.69, 9.17) is 9.47 Å². The molecule has 0 saturated carbocycles. The highest BCUT2D eigenvalue weighted by atomic mass is 32.1. The molecule has 0 spiro atoms. The largest absolute Gasteiger partial charge is 0.493 e. The predicted molar refractivity (Wildman–Crippen MR) is 100 cm³/mol. The molecule has 0 radical (unpaired) electrons. The monoisotopic (exact) mass is 370 g/mol. The van der Waals surface area contributed by atoms with E-state index in [9.17, 15) is 0 Å². The van der Waals surface area contributed by atoms with E-state index in [2.05, 4.69) is 21.4 Å². The van der Waals surface area contributed by atoms with Crippen molar-refractivity contribution in [3.8, 4) is 22.9 Å². The van der Waals surface area contributed by atoms with E-state index in [1.165, 1.54) is 16.2 Å². The number of hydrogen-bond acceptors (Lipinski definition) is 7. The molecular formula is C17H14N4O2S2. The molecule has 0 N–H and O–H groups in total. The minimum Gasteiger partial charge on any atom is -0.493 e. The molecule has 25 heavy (non-hydrogen) atoms. The Balaban J connectivity index is 1.71. The summed E-state index contributed by atoms with van der Waals surface area (Å²) in [5.41, 5.74) is 0.865. The topological polar surface area (TPSA) is 61.5 Å². The van der Waals surface area contributed by atoms with Gasteiger partial charge in [-0.05, 0) is 41.8 Å². The molecule has 3 heterocycles. The highest BCUT2D eigenvalue weighted by molar-refractivity contribution is 7.17. The van der Waals surface area contributed by atoms with Gasteiger partial charge in [-0.1, -0.05) is 17.4 Å². The molecule has 4 aromatic rings. The quantitative estimate of drug-likeness (QED) is 0.529. The molecule has 0 aliphatic carbocycles. The third kappa shape index (κ3) is 3.01. The summed E-state index contributed by atoms with van der Waals surface area (Å²) in [7, 11) is 3.22. The lowest BCUT2D eigenvalue weighted by Crippen LogP contribution is -1.94. The second kappa shape index (κ2) is 6.66. The van der Waals surface area contributed by atoms with Gasteiger partial charge < -0.3 is 9.47 Å². The van der Waals surface area contributed by atoms with Crippen LogP contribution in [0.15, 0.2) is 35.7 Å². The molecule has 0 amide bonds. The first-order valence-corrected chi connectivity index (χ1v) is 9.14. The van der Waals surface area contributed by atoms with Gasteiger partial charge in [-0.3, -0.25) is 0 Å². The summed E-state index contributed by atoms with van der Waals surface area (Å²) in [6, 6.07) is 9.72.